The van der Waals surface area contributed by atoms with Crippen molar-refractivity contribution >= 4 is 19.8 Å². The number of phosphoric acid groups is 1. The van der Waals surface area contributed by atoms with Crippen LogP contribution < -0.4 is 0 Å². The monoisotopic (exact) mass is 717 g/mol. The number of unbranched alkanes of at least 4 members (excludes halogenated alkanes) is 24. The molecule has 0 amide bonds. The van der Waals surface area contributed by atoms with E-state index in [2.05, 4.69) is 26.0 Å². The van der Waals surface area contributed by atoms with E-state index in [1.165, 1.54) is 109 Å². The first-order valence-electron chi connectivity index (χ1n) is 20.5. The topological polar surface area (TPSA) is 108 Å². The van der Waals surface area contributed by atoms with Crippen molar-refractivity contribution in [1.82, 2.24) is 0 Å². The van der Waals surface area contributed by atoms with Crippen LogP contribution in [0.3, 0.4) is 0 Å². The van der Waals surface area contributed by atoms with Crippen molar-refractivity contribution in [3.05, 3.63) is 12.2 Å². The van der Waals surface area contributed by atoms with Crippen molar-refractivity contribution in [3.63, 3.8) is 0 Å². The van der Waals surface area contributed by atoms with E-state index >= 15 is 0 Å². The second kappa shape index (κ2) is 36.6. The molecule has 0 bridgehead atoms. The largest absolute Gasteiger partial charge is 0.472 e. The summed E-state index contributed by atoms with van der Waals surface area (Å²) in [5.74, 6) is -0.801. The molecule has 49 heavy (non-hydrogen) atoms. The second-order valence-electron chi connectivity index (χ2n) is 13.7. The van der Waals surface area contributed by atoms with E-state index in [1.54, 1.807) is 6.92 Å². The van der Waals surface area contributed by atoms with Gasteiger partial charge in [0.1, 0.15) is 6.61 Å². The first-order valence-corrected chi connectivity index (χ1v) is 22.0. The average molecular weight is 717 g/mol. The van der Waals surface area contributed by atoms with E-state index in [-0.39, 0.29) is 25.6 Å². The van der Waals surface area contributed by atoms with Gasteiger partial charge in [-0.25, -0.2) is 4.57 Å². The van der Waals surface area contributed by atoms with Crippen LogP contribution in [-0.4, -0.2) is 42.8 Å². The van der Waals surface area contributed by atoms with E-state index in [9.17, 15) is 19.0 Å². The fourth-order valence-corrected chi connectivity index (χ4v) is 6.56. The number of rotatable bonds is 38. The third-order valence-electron chi connectivity index (χ3n) is 8.80. The standard InChI is InChI=1S/C40H77O8P/c1-4-7-9-11-13-15-17-18-19-20-21-22-23-24-25-27-28-30-32-34-39(41)45-36-38(37-47-49(43,44)46-6-3)48-40(42)35-33-31-29-26-16-14-12-10-8-5-2/h10,12,38H,4-9,11,13-37H2,1-3H3,(H,43,44)/b12-10-. The van der Waals surface area contributed by atoms with Crippen molar-refractivity contribution in [2.75, 3.05) is 19.8 Å². The molecule has 0 aliphatic carbocycles. The summed E-state index contributed by atoms with van der Waals surface area (Å²) in [5, 5.41) is 0. The van der Waals surface area contributed by atoms with E-state index in [0.29, 0.717) is 12.8 Å². The fourth-order valence-electron chi connectivity index (χ4n) is 5.81. The predicted octanol–water partition coefficient (Wildman–Crippen LogP) is 12.5. The lowest BCUT2D eigenvalue weighted by Gasteiger charge is -2.19. The Bertz CT molecular complexity index is 818. The summed E-state index contributed by atoms with van der Waals surface area (Å²) < 4.78 is 32.5. The molecule has 0 radical (unpaired) electrons. The number of phosphoric ester groups is 1. The van der Waals surface area contributed by atoms with Crippen molar-refractivity contribution in [1.29, 1.82) is 0 Å². The third kappa shape index (κ3) is 36.4. The summed E-state index contributed by atoms with van der Waals surface area (Å²) in [6.45, 7) is 5.42. The van der Waals surface area contributed by atoms with Gasteiger partial charge in [0.15, 0.2) is 6.10 Å². The fraction of sp³-hybridized carbons (Fsp3) is 0.900. The molecule has 0 fully saturated rings. The Morgan fingerprint density at radius 3 is 1.43 bits per heavy atom. The van der Waals surface area contributed by atoms with E-state index in [1.807, 2.05) is 0 Å². The summed E-state index contributed by atoms with van der Waals surface area (Å²) >= 11 is 0. The molecule has 0 heterocycles. The molecule has 290 valence electrons. The average Bonchev–Trinajstić information content (AvgIpc) is 3.07. The van der Waals surface area contributed by atoms with Crippen LogP contribution in [0.15, 0.2) is 12.2 Å². The molecule has 8 nitrogen and oxygen atoms in total. The maximum absolute atomic E-state index is 12.5. The van der Waals surface area contributed by atoms with E-state index in [0.717, 1.165) is 57.8 Å². The molecule has 0 saturated carbocycles. The molecule has 0 aliphatic rings. The Kier molecular flexibility index (Phi) is 35.7. The highest BCUT2D eigenvalue weighted by atomic mass is 31.2. The van der Waals surface area contributed by atoms with E-state index < -0.39 is 26.5 Å². The van der Waals surface area contributed by atoms with Crippen LogP contribution in [0.2, 0.25) is 0 Å². The predicted molar refractivity (Wildman–Crippen MR) is 203 cm³/mol. The zero-order chi connectivity index (χ0) is 36.1. The second-order valence-corrected chi connectivity index (χ2v) is 15.1. The maximum Gasteiger partial charge on any atom is 0.472 e. The maximum atomic E-state index is 12.5. The van der Waals surface area contributed by atoms with Crippen LogP contribution in [0.4, 0.5) is 0 Å². The molecule has 0 aromatic rings. The number of hydrogen-bond acceptors (Lipinski definition) is 7. The van der Waals surface area contributed by atoms with Gasteiger partial charge in [0.2, 0.25) is 0 Å². The molecular formula is C40H77O8P. The van der Waals surface area contributed by atoms with Gasteiger partial charge in [-0.05, 0) is 39.0 Å². The molecule has 2 atom stereocenters. The highest BCUT2D eigenvalue weighted by Gasteiger charge is 2.25. The van der Waals surface area contributed by atoms with Crippen LogP contribution in [0.25, 0.3) is 0 Å². The van der Waals surface area contributed by atoms with Crippen LogP contribution in [0.1, 0.15) is 207 Å². The van der Waals surface area contributed by atoms with Crippen LogP contribution in [-0.2, 0) is 32.7 Å². The molecule has 0 aliphatic heterocycles. The van der Waals surface area contributed by atoms with Gasteiger partial charge in [0, 0.05) is 12.8 Å². The molecule has 9 heteroatoms. The Labute approximate surface area is 301 Å². The first-order chi connectivity index (χ1) is 23.8. The Morgan fingerprint density at radius 2 is 0.959 bits per heavy atom. The van der Waals surface area contributed by atoms with E-state index in [4.69, 9.17) is 18.5 Å². The van der Waals surface area contributed by atoms with Crippen LogP contribution in [0.5, 0.6) is 0 Å². The molecule has 0 aromatic carbocycles. The lowest BCUT2D eigenvalue weighted by molar-refractivity contribution is -0.161. The number of esters is 2. The SMILES string of the molecule is CCC/C=C\CCCCCCCC(=O)OC(COC(=O)CCCCCCCCCCCCCCCCCCCCC)COP(=O)(O)OCC. The number of carbonyl (C=O) groups is 2. The number of allylic oxidation sites excluding steroid dienone is 2. The van der Waals surface area contributed by atoms with Gasteiger partial charge >= 0.3 is 19.8 Å². The van der Waals surface area contributed by atoms with Crippen molar-refractivity contribution < 1.29 is 37.6 Å². The molecule has 2 unspecified atom stereocenters. The van der Waals surface area contributed by atoms with Gasteiger partial charge in [0.05, 0.1) is 13.2 Å². The lowest BCUT2D eigenvalue weighted by Crippen LogP contribution is -2.29. The van der Waals surface area contributed by atoms with Gasteiger partial charge in [-0.1, -0.05) is 167 Å². The molecular weight excluding hydrogens is 639 g/mol. The minimum atomic E-state index is -4.27. The molecule has 1 N–H and O–H groups in total. The van der Waals surface area contributed by atoms with Gasteiger partial charge < -0.3 is 14.4 Å². The first kappa shape index (κ1) is 47.8. The summed E-state index contributed by atoms with van der Waals surface area (Å²) in [6, 6.07) is 0. The number of hydrogen-bond donors (Lipinski definition) is 1. The molecule has 0 spiro atoms. The van der Waals surface area contributed by atoms with Gasteiger partial charge in [0.25, 0.3) is 0 Å². The summed E-state index contributed by atoms with van der Waals surface area (Å²) in [4.78, 5) is 34.6. The molecule has 0 aromatic heterocycles. The highest BCUT2D eigenvalue weighted by molar-refractivity contribution is 7.47. The Hall–Kier alpha value is -1.21. The van der Waals surface area contributed by atoms with Crippen LogP contribution in [0, 0.1) is 0 Å². The quantitative estimate of drug-likeness (QED) is 0.0291. The summed E-state index contributed by atoms with van der Waals surface area (Å²) in [5.41, 5.74) is 0. The number of carbonyl (C=O) groups excluding carboxylic acids is 2. The zero-order valence-electron chi connectivity index (χ0n) is 32.1. The molecule has 0 rings (SSSR count). The normalized spacial score (nSPS) is 13.5. The minimum absolute atomic E-state index is 0.00167. The smallest absolute Gasteiger partial charge is 0.462 e. The highest BCUT2D eigenvalue weighted by Crippen LogP contribution is 2.43. The minimum Gasteiger partial charge on any atom is -0.462 e. The molecule has 0 saturated heterocycles. The van der Waals surface area contributed by atoms with Crippen molar-refractivity contribution in [3.8, 4) is 0 Å². The lowest BCUT2D eigenvalue weighted by atomic mass is 10.0. The van der Waals surface area contributed by atoms with Gasteiger partial charge in [-0.2, -0.15) is 0 Å². The summed E-state index contributed by atoms with van der Waals surface area (Å²) in [7, 11) is -4.27. The van der Waals surface area contributed by atoms with Gasteiger partial charge in [-0.15, -0.1) is 0 Å². The van der Waals surface area contributed by atoms with Crippen LogP contribution >= 0.6 is 7.82 Å². The Balaban J connectivity index is 3.99. The van der Waals surface area contributed by atoms with Crippen molar-refractivity contribution in [2.24, 2.45) is 0 Å². The summed E-state index contributed by atoms with van der Waals surface area (Å²) in [6.07, 6.45) is 37.0. The third-order valence-corrected chi connectivity index (χ3v) is 9.86. The van der Waals surface area contributed by atoms with Gasteiger partial charge in [-0.3, -0.25) is 18.6 Å². The zero-order valence-corrected chi connectivity index (χ0v) is 33.0. The van der Waals surface area contributed by atoms with Crippen molar-refractivity contribution in [2.45, 2.75) is 213 Å². The number of ether oxygens (including phenoxy) is 2. The Morgan fingerprint density at radius 1 is 0.531 bits per heavy atom.